The first kappa shape index (κ1) is 23.3. The van der Waals surface area contributed by atoms with E-state index in [1.165, 1.54) is 35.2 Å². The molecule has 7 nitrogen and oxygen atoms in total. The number of carbonyl (C=O) groups excluding carboxylic acids is 1. The quantitative estimate of drug-likeness (QED) is 0.265. The van der Waals surface area contributed by atoms with Gasteiger partial charge in [-0.15, -0.1) is 16.8 Å². The van der Waals surface area contributed by atoms with Crippen LogP contribution in [0.25, 0.3) is 0 Å². The number of rotatable bonds is 9. The zero-order valence-corrected chi connectivity index (χ0v) is 19.7. The van der Waals surface area contributed by atoms with Crippen LogP contribution < -0.4 is 9.62 Å². The highest BCUT2D eigenvalue weighted by atomic mass is 35.5. The fraction of sp³-hybridized carbons (Fsp3) is 0.150. The summed E-state index contributed by atoms with van der Waals surface area (Å²) in [5, 5.41) is 11.3. The second-order valence-corrected chi connectivity index (χ2v) is 10.8. The average molecular weight is 495 g/mol. The Bertz CT molecular complexity index is 1180. The molecule has 0 spiro atoms. The van der Waals surface area contributed by atoms with Gasteiger partial charge in [0.2, 0.25) is 11.0 Å². The molecular weight excluding hydrogens is 476 g/mol. The SMILES string of the molecule is C=CCSc1nnc(NC(=O)CN(c2ccc(Cl)cc2C)S(=O)(=O)c2ccccc2)s1. The molecule has 11 heteroatoms. The lowest BCUT2D eigenvalue weighted by molar-refractivity contribution is -0.114. The van der Waals surface area contributed by atoms with Crippen LogP contribution in [0, 0.1) is 6.92 Å². The summed E-state index contributed by atoms with van der Waals surface area (Å²) in [6.45, 7) is 4.95. The first-order valence-electron chi connectivity index (χ1n) is 9.02. The van der Waals surface area contributed by atoms with Gasteiger partial charge in [-0.25, -0.2) is 8.42 Å². The molecule has 31 heavy (non-hydrogen) atoms. The Hall–Kier alpha value is -2.40. The summed E-state index contributed by atoms with van der Waals surface area (Å²) in [7, 11) is -4.00. The molecule has 0 radical (unpaired) electrons. The predicted octanol–water partition coefficient (Wildman–Crippen LogP) is 4.61. The molecule has 0 saturated carbocycles. The molecule has 1 aromatic heterocycles. The van der Waals surface area contributed by atoms with Gasteiger partial charge in [-0.05, 0) is 42.8 Å². The van der Waals surface area contributed by atoms with Gasteiger partial charge in [-0.2, -0.15) is 0 Å². The first-order valence-corrected chi connectivity index (χ1v) is 12.6. The van der Waals surface area contributed by atoms with Crippen LogP contribution in [0.3, 0.4) is 0 Å². The van der Waals surface area contributed by atoms with E-state index in [9.17, 15) is 13.2 Å². The number of halogens is 1. The number of hydrogen-bond donors (Lipinski definition) is 1. The maximum absolute atomic E-state index is 13.4. The van der Waals surface area contributed by atoms with E-state index in [0.29, 0.717) is 31.5 Å². The molecule has 0 atom stereocenters. The minimum absolute atomic E-state index is 0.0798. The number of aromatic nitrogens is 2. The number of hydrogen-bond acceptors (Lipinski definition) is 7. The van der Waals surface area contributed by atoms with Crippen molar-refractivity contribution in [2.45, 2.75) is 16.2 Å². The summed E-state index contributed by atoms with van der Waals surface area (Å²) in [6, 6.07) is 12.8. The number of carbonyl (C=O) groups is 1. The highest BCUT2D eigenvalue weighted by molar-refractivity contribution is 8.01. The van der Waals surface area contributed by atoms with Crippen LogP contribution in [-0.4, -0.2) is 36.8 Å². The minimum Gasteiger partial charge on any atom is -0.299 e. The van der Waals surface area contributed by atoms with Crippen LogP contribution in [-0.2, 0) is 14.8 Å². The van der Waals surface area contributed by atoms with Gasteiger partial charge in [0.15, 0.2) is 4.34 Å². The monoisotopic (exact) mass is 494 g/mol. The molecule has 0 aliphatic rings. The highest BCUT2D eigenvalue weighted by Gasteiger charge is 2.28. The van der Waals surface area contributed by atoms with Gasteiger partial charge in [0.25, 0.3) is 10.0 Å². The summed E-state index contributed by atoms with van der Waals surface area (Å²) in [5.41, 5.74) is 0.988. The van der Waals surface area contributed by atoms with E-state index >= 15 is 0 Å². The molecule has 3 rings (SSSR count). The molecule has 0 aliphatic heterocycles. The lowest BCUT2D eigenvalue weighted by Crippen LogP contribution is -2.38. The second-order valence-electron chi connectivity index (χ2n) is 6.28. The molecule has 2 aromatic carbocycles. The van der Waals surface area contributed by atoms with E-state index in [1.807, 2.05) is 0 Å². The lowest BCUT2D eigenvalue weighted by atomic mass is 10.2. The number of nitrogens with one attached hydrogen (secondary N) is 1. The molecule has 1 heterocycles. The Balaban J connectivity index is 1.89. The van der Waals surface area contributed by atoms with Crippen molar-refractivity contribution in [3.05, 3.63) is 71.8 Å². The number of sulfonamides is 1. The molecule has 0 aliphatic carbocycles. The number of aryl methyl sites for hydroxylation is 1. The Kier molecular flexibility index (Phi) is 7.71. The molecule has 0 saturated heterocycles. The molecular formula is C20H19ClN4O3S3. The maximum atomic E-state index is 13.4. The number of amides is 1. The topological polar surface area (TPSA) is 92.3 Å². The maximum Gasteiger partial charge on any atom is 0.264 e. The van der Waals surface area contributed by atoms with Gasteiger partial charge >= 0.3 is 0 Å². The van der Waals surface area contributed by atoms with E-state index in [2.05, 4.69) is 22.1 Å². The zero-order chi connectivity index (χ0) is 22.4. The fourth-order valence-corrected chi connectivity index (χ4v) is 5.92. The second kappa shape index (κ2) is 10.3. The van der Waals surface area contributed by atoms with Crippen molar-refractivity contribution in [1.29, 1.82) is 0 Å². The standard InChI is InChI=1S/C20H19ClN4O3S3/c1-3-11-29-20-24-23-19(30-20)22-18(26)13-25(17-10-9-15(21)12-14(17)2)31(27,28)16-7-5-4-6-8-16/h3-10,12H,1,11,13H2,2H3,(H,22,23,26). The third-order valence-corrected chi connectivity index (χ3v) is 8.00. The van der Waals surface area contributed by atoms with E-state index in [-0.39, 0.29) is 4.90 Å². The largest absolute Gasteiger partial charge is 0.299 e. The molecule has 1 amide bonds. The van der Waals surface area contributed by atoms with Gasteiger partial charge < -0.3 is 0 Å². The minimum atomic E-state index is -4.00. The van der Waals surface area contributed by atoms with Crippen LogP contribution in [0.1, 0.15) is 5.56 Å². The fourth-order valence-electron chi connectivity index (χ4n) is 2.66. The van der Waals surface area contributed by atoms with Crippen LogP contribution in [0.4, 0.5) is 10.8 Å². The van der Waals surface area contributed by atoms with Crippen LogP contribution in [0.2, 0.25) is 5.02 Å². The van der Waals surface area contributed by atoms with E-state index in [1.54, 1.807) is 49.4 Å². The van der Waals surface area contributed by atoms with Gasteiger partial charge in [0.05, 0.1) is 10.6 Å². The molecule has 162 valence electrons. The summed E-state index contributed by atoms with van der Waals surface area (Å²) >= 11 is 8.68. The summed E-state index contributed by atoms with van der Waals surface area (Å²) in [6.07, 6.45) is 1.74. The van der Waals surface area contributed by atoms with Gasteiger partial charge in [-0.1, -0.05) is 59.0 Å². The van der Waals surface area contributed by atoms with Crippen LogP contribution in [0.5, 0.6) is 0 Å². The zero-order valence-electron chi connectivity index (χ0n) is 16.5. The normalized spacial score (nSPS) is 11.2. The van der Waals surface area contributed by atoms with Crippen molar-refractivity contribution in [2.75, 3.05) is 21.9 Å². The number of nitrogens with zero attached hydrogens (tertiary/aromatic N) is 3. The molecule has 1 N–H and O–H groups in total. The lowest BCUT2D eigenvalue weighted by Gasteiger charge is -2.25. The Morgan fingerprint density at radius 1 is 1.26 bits per heavy atom. The summed E-state index contributed by atoms with van der Waals surface area (Å²) < 4.78 is 28.5. The van der Waals surface area contributed by atoms with Crippen molar-refractivity contribution < 1.29 is 13.2 Å². The summed E-state index contributed by atoms with van der Waals surface area (Å²) in [5.74, 6) is 0.131. The third kappa shape index (κ3) is 5.85. The van der Waals surface area contributed by atoms with Crippen molar-refractivity contribution >= 4 is 61.4 Å². The van der Waals surface area contributed by atoms with Crippen molar-refractivity contribution in [3.63, 3.8) is 0 Å². The van der Waals surface area contributed by atoms with Gasteiger partial charge in [0.1, 0.15) is 6.54 Å². The van der Waals surface area contributed by atoms with Gasteiger partial charge in [0, 0.05) is 10.8 Å². The van der Waals surface area contributed by atoms with Gasteiger partial charge in [-0.3, -0.25) is 14.4 Å². The van der Waals surface area contributed by atoms with E-state index in [0.717, 1.165) is 4.31 Å². The molecule has 3 aromatic rings. The van der Waals surface area contributed by atoms with Crippen LogP contribution in [0.15, 0.2) is 70.4 Å². The van der Waals surface area contributed by atoms with Crippen molar-refractivity contribution in [2.24, 2.45) is 0 Å². The van der Waals surface area contributed by atoms with E-state index in [4.69, 9.17) is 11.6 Å². The van der Waals surface area contributed by atoms with Crippen molar-refractivity contribution in [3.8, 4) is 0 Å². The number of anilines is 2. The average Bonchev–Trinajstić information content (AvgIpc) is 3.18. The smallest absolute Gasteiger partial charge is 0.264 e. The van der Waals surface area contributed by atoms with Crippen LogP contribution >= 0.6 is 34.7 Å². The Labute approximate surface area is 194 Å². The summed E-state index contributed by atoms with van der Waals surface area (Å²) in [4.78, 5) is 12.8. The predicted molar refractivity (Wildman–Crippen MR) is 127 cm³/mol. The van der Waals surface area contributed by atoms with E-state index < -0.39 is 22.5 Å². The highest BCUT2D eigenvalue weighted by Crippen LogP contribution is 2.29. The molecule has 0 unspecified atom stereocenters. The first-order chi connectivity index (χ1) is 14.8. The Morgan fingerprint density at radius 3 is 2.68 bits per heavy atom. The number of thioether (sulfide) groups is 1. The third-order valence-electron chi connectivity index (χ3n) is 4.02. The van der Waals surface area contributed by atoms with Crippen molar-refractivity contribution in [1.82, 2.24) is 10.2 Å². The molecule has 0 fully saturated rings. The molecule has 0 bridgehead atoms. The Morgan fingerprint density at radius 2 is 2.00 bits per heavy atom. The number of benzene rings is 2.